The van der Waals surface area contributed by atoms with E-state index in [9.17, 15) is 9.59 Å². The SMILES string of the molecule is CC(NC(=O)OC(C)(C)C)C(=O)Nc1ccccc1Nc1cccc(C#N)c1. The lowest BCUT2D eigenvalue weighted by Crippen LogP contribution is -2.44. The third-order valence-corrected chi connectivity index (χ3v) is 3.58. The molecule has 0 saturated heterocycles. The summed E-state index contributed by atoms with van der Waals surface area (Å²) in [5, 5.41) is 17.5. The molecule has 0 aliphatic heterocycles. The average molecular weight is 380 g/mol. The van der Waals surface area contributed by atoms with Crippen molar-refractivity contribution in [3.8, 4) is 6.07 Å². The van der Waals surface area contributed by atoms with Crippen molar-refractivity contribution in [2.45, 2.75) is 39.3 Å². The van der Waals surface area contributed by atoms with Gasteiger partial charge in [-0.15, -0.1) is 0 Å². The fourth-order valence-corrected chi connectivity index (χ4v) is 2.31. The van der Waals surface area contributed by atoms with E-state index in [1.54, 1.807) is 64.1 Å². The number of carbonyl (C=O) groups excluding carboxylic acids is 2. The Morgan fingerprint density at radius 2 is 1.75 bits per heavy atom. The highest BCUT2D eigenvalue weighted by Crippen LogP contribution is 2.25. The monoisotopic (exact) mass is 380 g/mol. The van der Waals surface area contributed by atoms with E-state index >= 15 is 0 Å². The van der Waals surface area contributed by atoms with E-state index in [0.29, 0.717) is 16.9 Å². The number of hydrogen-bond donors (Lipinski definition) is 3. The normalized spacial score (nSPS) is 11.7. The van der Waals surface area contributed by atoms with Gasteiger partial charge in [-0.1, -0.05) is 18.2 Å². The molecule has 3 N–H and O–H groups in total. The summed E-state index contributed by atoms with van der Waals surface area (Å²) in [5.74, 6) is -0.383. The lowest BCUT2D eigenvalue weighted by atomic mass is 10.2. The van der Waals surface area contributed by atoms with Crippen LogP contribution < -0.4 is 16.0 Å². The van der Waals surface area contributed by atoms with Crippen LogP contribution in [0.1, 0.15) is 33.3 Å². The van der Waals surface area contributed by atoms with Gasteiger partial charge in [-0.25, -0.2) is 4.79 Å². The number of ether oxygens (including phenoxy) is 1. The molecule has 0 radical (unpaired) electrons. The number of rotatable bonds is 5. The van der Waals surface area contributed by atoms with Crippen molar-refractivity contribution in [2.24, 2.45) is 0 Å². The molecule has 2 amide bonds. The van der Waals surface area contributed by atoms with Gasteiger partial charge in [-0.3, -0.25) is 4.79 Å². The lowest BCUT2D eigenvalue weighted by Gasteiger charge is -2.22. The molecule has 0 heterocycles. The lowest BCUT2D eigenvalue weighted by molar-refractivity contribution is -0.117. The summed E-state index contributed by atoms with van der Waals surface area (Å²) < 4.78 is 5.16. The van der Waals surface area contributed by atoms with Gasteiger partial charge in [0.1, 0.15) is 11.6 Å². The second-order valence-corrected chi connectivity index (χ2v) is 7.22. The molecule has 0 saturated carbocycles. The van der Waals surface area contributed by atoms with Gasteiger partial charge in [-0.2, -0.15) is 5.26 Å². The molecule has 0 fully saturated rings. The van der Waals surface area contributed by atoms with Crippen molar-refractivity contribution >= 4 is 29.1 Å². The van der Waals surface area contributed by atoms with E-state index in [4.69, 9.17) is 10.00 Å². The van der Waals surface area contributed by atoms with Crippen LogP contribution in [-0.4, -0.2) is 23.6 Å². The molecule has 2 rings (SSSR count). The fraction of sp³-hybridized carbons (Fsp3) is 0.286. The smallest absolute Gasteiger partial charge is 0.408 e. The van der Waals surface area contributed by atoms with Crippen LogP contribution in [0.4, 0.5) is 21.9 Å². The molecule has 1 atom stereocenters. The van der Waals surface area contributed by atoms with E-state index in [-0.39, 0.29) is 5.91 Å². The molecule has 7 nitrogen and oxygen atoms in total. The number of nitrogens with one attached hydrogen (secondary N) is 3. The zero-order chi connectivity index (χ0) is 20.7. The van der Waals surface area contributed by atoms with Crippen LogP contribution in [0, 0.1) is 11.3 Å². The van der Waals surface area contributed by atoms with Gasteiger partial charge < -0.3 is 20.7 Å². The molecule has 2 aromatic carbocycles. The van der Waals surface area contributed by atoms with Crippen LogP contribution in [-0.2, 0) is 9.53 Å². The van der Waals surface area contributed by atoms with Gasteiger partial charge in [0.05, 0.1) is 23.0 Å². The molecular weight excluding hydrogens is 356 g/mol. The third kappa shape index (κ3) is 6.32. The first-order chi connectivity index (χ1) is 13.2. The number of carbonyl (C=O) groups is 2. The second kappa shape index (κ2) is 8.91. The Morgan fingerprint density at radius 1 is 1.07 bits per heavy atom. The number of hydrogen-bond acceptors (Lipinski definition) is 5. The van der Waals surface area contributed by atoms with Crippen molar-refractivity contribution in [3.05, 3.63) is 54.1 Å². The molecule has 0 aromatic heterocycles. The van der Waals surface area contributed by atoms with Crippen LogP contribution in [0.25, 0.3) is 0 Å². The number of amides is 2. The predicted molar refractivity (Wildman–Crippen MR) is 108 cm³/mol. The Balaban J connectivity index is 2.07. The molecule has 2 aromatic rings. The van der Waals surface area contributed by atoms with Gasteiger partial charge in [0.15, 0.2) is 0 Å². The largest absolute Gasteiger partial charge is 0.444 e. The van der Waals surface area contributed by atoms with Crippen LogP contribution in [0.2, 0.25) is 0 Å². The summed E-state index contributed by atoms with van der Waals surface area (Å²) in [7, 11) is 0. The van der Waals surface area contributed by atoms with E-state index in [2.05, 4.69) is 22.0 Å². The molecule has 0 spiro atoms. The van der Waals surface area contributed by atoms with Crippen molar-refractivity contribution < 1.29 is 14.3 Å². The maximum absolute atomic E-state index is 12.5. The van der Waals surface area contributed by atoms with Crippen LogP contribution >= 0.6 is 0 Å². The first-order valence-corrected chi connectivity index (χ1v) is 8.84. The quantitative estimate of drug-likeness (QED) is 0.723. The summed E-state index contributed by atoms with van der Waals surface area (Å²) in [4.78, 5) is 24.3. The minimum absolute atomic E-state index is 0.383. The van der Waals surface area contributed by atoms with Gasteiger partial charge >= 0.3 is 6.09 Å². The van der Waals surface area contributed by atoms with Crippen molar-refractivity contribution in [3.63, 3.8) is 0 Å². The first-order valence-electron chi connectivity index (χ1n) is 8.84. The molecule has 0 bridgehead atoms. The summed E-state index contributed by atoms with van der Waals surface area (Å²) in [6, 6.07) is 15.5. The summed E-state index contributed by atoms with van der Waals surface area (Å²) in [6.45, 7) is 6.83. The number of para-hydroxylation sites is 2. The molecule has 7 heteroatoms. The Labute approximate surface area is 164 Å². The molecular formula is C21H24N4O3. The zero-order valence-corrected chi connectivity index (χ0v) is 16.4. The van der Waals surface area contributed by atoms with Crippen LogP contribution in [0.15, 0.2) is 48.5 Å². The average Bonchev–Trinajstić information content (AvgIpc) is 2.61. The highest BCUT2D eigenvalue weighted by atomic mass is 16.6. The number of benzene rings is 2. The standard InChI is InChI=1S/C21H24N4O3/c1-14(23-20(27)28-21(2,3)4)19(26)25-18-11-6-5-10-17(18)24-16-9-7-8-15(12-16)13-22/h5-12,14,24H,1-4H3,(H,23,27)(H,25,26). The zero-order valence-electron chi connectivity index (χ0n) is 16.4. The van der Waals surface area contributed by atoms with Crippen molar-refractivity contribution in [2.75, 3.05) is 10.6 Å². The van der Waals surface area contributed by atoms with Gasteiger partial charge in [0, 0.05) is 5.69 Å². The number of alkyl carbamates (subject to hydrolysis) is 1. The number of nitrogens with zero attached hydrogens (tertiary/aromatic N) is 1. The second-order valence-electron chi connectivity index (χ2n) is 7.22. The fourth-order valence-electron chi connectivity index (χ4n) is 2.31. The van der Waals surface area contributed by atoms with E-state index < -0.39 is 17.7 Å². The molecule has 28 heavy (non-hydrogen) atoms. The maximum Gasteiger partial charge on any atom is 0.408 e. The minimum atomic E-state index is -0.787. The molecule has 1 unspecified atom stereocenters. The Kier molecular flexibility index (Phi) is 6.61. The van der Waals surface area contributed by atoms with Gasteiger partial charge in [-0.05, 0) is 58.0 Å². The highest BCUT2D eigenvalue weighted by Gasteiger charge is 2.21. The van der Waals surface area contributed by atoms with Crippen LogP contribution in [0.5, 0.6) is 0 Å². The van der Waals surface area contributed by atoms with Crippen molar-refractivity contribution in [1.82, 2.24) is 5.32 Å². The summed E-state index contributed by atoms with van der Waals surface area (Å²) in [5.41, 5.74) is 1.82. The van der Waals surface area contributed by atoms with E-state index in [0.717, 1.165) is 5.69 Å². The minimum Gasteiger partial charge on any atom is -0.444 e. The van der Waals surface area contributed by atoms with E-state index in [1.807, 2.05) is 12.1 Å². The van der Waals surface area contributed by atoms with E-state index in [1.165, 1.54) is 0 Å². The molecule has 146 valence electrons. The summed E-state index contributed by atoms with van der Waals surface area (Å²) >= 11 is 0. The van der Waals surface area contributed by atoms with Gasteiger partial charge in [0.2, 0.25) is 5.91 Å². The Morgan fingerprint density at radius 3 is 2.39 bits per heavy atom. The van der Waals surface area contributed by atoms with Crippen LogP contribution in [0.3, 0.4) is 0 Å². The summed E-state index contributed by atoms with van der Waals surface area (Å²) in [6.07, 6.45) is -0.658. The Bertz CT molecular complexity index is 897. The number of anilines is 3. The topological polar surface area (TPSA) is 103 Å². The maximum atomic E-state index is 12.5. The number of nitriles is 1. The van der Waals surface area contributed by atoms with Crippen molar-refractivity contribution in [1.29, 1.82) is 5.26 Å². The predicted octanol–water partition coefficient (Wildman–Crippen LogP) is 4.15. The molecule has 0 aliphatic carbocycles. The Hall–Kier alpha value is -3.53. The molecule has 0 aliphatic rings. The van der Waals surface area contributed by atoms with Gasteiger partial charge in [0.25, 0.3) is 0 Å². The highest BCUT2D eigenvalue weighted by molar-refractivity contribution is 5.99. The first kappa shape index (κ1) is 20.8. The third-order valence-electron chi connectivity index (χ3n) is 3.58.